The molecule has 0 atom stereocenters. The normalized spacial score (nSPS) is 10.3. The largest absolute Gasteiger partial charge is 0.383 e. The van der Waals surface area contributed by atoms with Gasteiger partial charge in [0.2, 0.25) is 0 Å². The molecule has 7 nitrogen and oxygen atoms in total. The van der Waals surface area contributed by atoms with E-state index in [9.17, 15) is 9.59 Å². The maximum atomic E-state index is 12.1. The maximum absolute atomic E-state index is 12.1. The van der Waals surface area contributed by atoms with Crippen molar-refractivity contribution in [1.82, 2.24) is 15.3 Å². The van der Waals surface area contributed by atoms with Crippen LogP contribution in [-0.2, 0) is 4.74 Å². The van der Waals surface area contributed by atoms with Crippen LogP contribution in [0.5, 0.6) is 0 Å². The summed E-state index contributed by atoms with van der Waals surface area (Å²) < 4.78 is 4.90. The van der Waals surface area contributed by atoms with Gasteiger partial charge in [-0.25, -0.2) is 9.97 Å². The first-order valence-electron chi connectivity index (χ1n) is 7.50. The number of aryl methyl sites for hydroxylation is 1. The Morgan fingerprint density at radius 1 is 1.21 bits per heavy atom. The van der Waals surface area contributed by atoms with E-state index in [-0.39, 0.29) is 17.4 Å². The molecule has 2 N–H and O–H groups in total. The lowest BCUT2D eigenvalue weighted by molar-refractivity contribution is 0.0931. The Kier molecular flexibility index (Phi) is 5.97. The number of ether oxygens (including phenoxy) is 1. The zero-order valence-electron chi connectivity index (χ0n) is 13.9. The van der Waals surface area contributed by atoms with E-state index in [4.69, 9.17) is 4.74 Å². The van der Waals surface area contributed by atoms with E-state index in [1.54, 1.807) is 38.3 Å². The number of nitrogens with one attached hydrogen (secondary N) is 2. The first-order valence-corrected chi connectivity index (χ1v) is 7.50. The first-order chi connectivity index (χ1) is 11.5. The Hall–Kier alpha value is -2.80. The number of aromatic nitrogens is 2. The van der Waals surface area contributed by atoms with Crippen molar-refractivity contribution in [2.75, 3.05) is 25.6 Å². The van der Waals surface area contributed by atoms with Crippen LogP contribution in [0.25, 0.3) is 0 Å². The molecule has 1 amide bonds. The Labute approximate surface area is 140 Å². The zero-order chi connectivity index (χ0) is 17.5. The van der Waals surface area contributed by atoms with Crippen molar-refractivity contribution >= 4 is 23.2 Å². The quantitative estimate of drug-likeness (QED) is 0.597. The van der Waals surface area contributed by atoms with E-state index in [2.05, 4.69) is 20.6 Å². The molecule has 126 valence electrons. The van der Waals surface area contributed by atoms with Gasteiger partial charge in [-0.3, -0.25) is 9.59 Å². The zero-order valence-corrected chi connectivity index (χ0v) is 13.9. The maximum Gasteiger partial charge on any atom is 0.270 e. The lowest BCUT2D eigenvalue weighted by Crippen LogP contribution is -2.28. The molecular formula is C17H20N4O3. The second kappa shape index (κ2) is 8.16. The average Bonchev–Trinajstić information content (AvgIpc) is 2.54. The number of Topliss-reactive ketones (excluding diaryl/α,β-unsaturated/α-hetero) is 1. The predicted octanol–water partition coefficient (Wildman–Crippen LogP) is 2.11. The molecule has 0 radical (unpaired) electrons. The van der Waals surface area contributed by atoms with Gasteiger partial charge in [-0.1, -0.05) is 12.1 Å². The van der Waals surface area contributed by atoms with E-state index in [1.807, 2.05) is 6.07 Å². The lowest BCUT2D eigenvalue weighted by Gasteiger charge is -2.10. The molecule has 2 rings (SSSR count). The number of ketones is 1. The minimum atomic E-state index is -0.293. The van der Waals surface area contributed by atoms with E-state index in [0.717, 1.165) is 0 Å². The number of methoxy groups -OCH3 is 1. The van der Waals surface area contributed by atoms with Gasteiger partial charge in [0.05, 0.1) is 6.61 Å². The van der Waals surface area contributed by atoms with Gasteiger partial charge < -0.3 is 15.4 Å². The highest BCUT2D eigenvalue weighted by molar-refractivity contribution is 5.95. The summed E-state index contributed by atoms with van der Waals surface area (Å²) in [5.41, 5.74) is 1.58. The Morgan fingerprint density at radius 2 is 2.00 bits per heavy atom. The fourth-order valence-corrected chi connectivity index (χ4v) is 2.07. The molecule has 0 unspecified atom stereocenters. The van der Waals surface area contributed by atoms with Crippen LogP contribution < -0.4 is 10.6 Å². The van der Waals surface area contributed by atoms with Crippen LogP contribution in [0.15, 0.2) is 30.3 Å². The summed E-state index contributed by atoms with van der Waals surface area (Å²) >= 11 is 0. The molecule has 24 heavy (non-hydrogen) atoms. The SMILES string of the molecule is COCCNC(=O)c1cc(Nc2cccc(C(C)=O)c2)nc(C)n1. The second-order valence-electron chi connectivity index (χ2n) is 5.20. The minimum Gasteiger partial charge on any atom is -0.383 e. The molecule has 0 aliphatic rings. The summed E-state index contributed by atoms with van der Waals surface area (Å²) in [5, 5.41) is 5.81. The topological polar surface area (TPSA) is 93.2 Å². The monoisotopic (exact) mass is 328 g/mol. The van der Waals surface area contributed by atoms with Crippen molar-refractivity contribution in [3.8, 4) is 0 Å². The smallest absolute Gasteiger partial charge is 0.270 e. The third-order valence-corrected chi connectivity index (χ3v) is 3.20. The molecule has 0 fully saturated rings. The van der Waals surface area contributed by atoms with Crippen LogP contribution in [0, 0.1) is 6.92 Å². The molecule has 0 aliphatic heterocycles. The van der Waals surface area contributed by atoms with E-state index in [0.29, 0.717) is 36.0 Å². The van der Waals surface area contributed by atoms with Gasteiger partial charge in [-0.2, -0.15) is 0 Å². The molecule has 1 aromatic heterocycles. The lowest BCUT2D eigenvalue weighted by atomic mass is 10.1. The number of rotatable bonds is 7. The van der Waals surface area contributed by atoms with Crippen molar-refractivity contribution in [2.24, 2.45) is 0 Å². The number of hydrogen-bond acceptors (Lipinski definition) is 6. The van der Waals surface area contributed by atoms with Crippen molar-refractivity contribution < 1.29 is 14.3 Å². The fourth-order valence-electron chi connectivity index (χ4n) is 2.07. The van der Waals surface area contributed by atoms with Gasteiger partial charge in [-0.05, 0) is 26.0 Å². The molecule has 1 aromatic carbocycles. The molecule has 7 heteroatoms. The van der Waals surface area contributed by atoms with Gasteiger partial charge in [0.25, 0.3) is 5.91 Å². The highest BCUT2D eigenvalue weighted by atomic mass is 16.5. The Balaban J connectivity index is 2.17. The summed E-state index contributed by atoms with van der Waals surface area (Å²) in [6.45, 7) is 4.06. The number of nitrogens with zero attached hydrogens (tertiary/aromatic N) is 2. The van der Waals surface area contributed by atoms with Crippen molar-refractivity contribution in [2.45, 2.75) is 13.8 Å². The first kappa shape index (κ1) is 17.6. The van der Waals surface area contributed by atoms with E-state index in [1.165, 1.54) is 6.92 Å². The standard InChI is InChI=1S/C17H20N4O3/c1-11(22)13-5-4-6-14(9-13)21-16-10-15(19-12(2)20-16)17(23)18-7-8-24-3/h4-6,9-10H,7-8H2,1-3H3,(H,18,23)(H,19,20,21). The van der Waals surface area contributed by atoms with Gasteiger partial charge >= 0.3 is 0 Å². The molecular weight excluding hydrogens is 308 g/mol. The third kappa shape index (κ3) is 4.85. The van der Waals surface area contributed by atoms with Gasteiger partial charge in [-0.15, -0.1) is 0 Å². The molecule has 2 aromatic rings. The van der Waals surface area contributed by atoms with Gasteiger partial charge in [0.1, 0.15) is 17.3 Å². The molecule has 1 heterocycles. The molecule has 0 saturated heterocycles. The van der Waals surface area contributed by atoms with Crippen LogP contribution in [0.2, 0.25) is 0 Å². The average molecular weight is 328 g/mol. The summed E-state index contributed by atoms with van der Waals surface area (Å²) in [6, 6.07) is 8.65. The van der Waals surface area contributed by atoms with Crippen molar-refractivity contribution in [3.05, 3.63) is 47.4 Å². The Bertz CT molecular complexity index is 746. The summed E-state index contributed by atoms with van der Waals surface area (Å²) in [4.78, 5) is 32.0. The van der Waals surface area contributed by atoms with Crippen LogP contribution in [0.1, 0.15) is 33.6 Å². The number of anilines is 2. The van der Waals surface area contributed by atoms with Crippen LogP contribution in [0.4, 0.5) is 11.5 Å². The second-order valence-corrected chi connectivity index (χ2v) is 5.20. The highest BCUT2D eigenvalue weighted by Crippen LogP contribution is 2.17. The Morgan fingerprint density at radius 3 is 2.71 bits per heavy atom. The van der Waals surface area contributed by atoms with Crippen LogP contribution >= 0.6 is 0 Å². The van der Waals surface area contributed by atoms with Gasteiger partial charge in [0.15, 0.2) is 5.78 Å². The van der Waals surface area contributed by atoms with E-state index >= 15 is 0 Å². The fraction of sp³-hybridized carbons (Fsp3) is 0.294. The molecule has 0 spiro atoms. The van der Waals surface area contributed by atoms with Crippen LogP contribution in [0.3, 0.4) is 0 Å². The number of amides is 1. The molecule has 0 aliphatic carbocycles. The highest BCUT2D eigenvalue weighted by Gasteiger charge is 2.10. The number of benzene rings is 1. The number of hydrogen-bond donors (Lipinski definition) is 2. The number of carbonyl (C=O) groups is 2. The van der Waals surface area contributed by atoms with Crippen molar-refractivity contribution in [1.29, 1.82) is 0 Å². The number of carbonyl (C=O) groups excluding carboxylic acids is 2. The molecule has 0 saturated carbocycles. The summed E-state index contributed by atoms with van der Waals surface area (Å²) in [7, 11) is 1.57. The predicted molar refractivity (Wildman–Crippen MR) is 90.7 cm³/mol. The third-order valence-electron chi connectivity index (χ3n) is 3.20. The van der Waals surface area contributed by atoms with Gasteiger partial charge in [0, 0.05) is 31.0 Å². The molecule has 0 bridgehead atoms. The van der Waals surface area contributed by atoms with Crippen LogP contribution in [-0.4, -0.2) is 41.9 Å². The summed E-state index contributed by atoms with van der Waals surface area (Å²) in [5.74, 6) is 0.647. The van der Waals surface area contributed by atoms with Crippen molar-refractivity contribution in [3.63, 3.8) is 0 Å². The summed E-state index contributed by atoms with van der Waals surface area (Å²) in [6.07, 6.45) is 0. The minimum absolute atomic E-state index is 0.0178. The van der Waals surface area contributed by atoms with E-state index < -0.39 is 0 Å².